The maximum Gasteiger partial charge on any atom is 0.311 e. The van der Waals surface area contributed by atoms with E-state index in [0.717, 1.165) is 25.7 Å². The van der Waals surface area contributed by atoms with E-state index in [1.807, 2.05) is 13.8 Å². The molecule has 0 fully saturated rings. The van der Waals surface area contributed by atoms with Gasteiger partial charge >= 0.3 is 11.9 Å². The fourth-order valence-electron chi connectivity index (χ4n) is 2.57. The van der Waals surface area contributed by atoms with Gasteiger partial charge in [-0.05, 0) is 49.2 Å². The highest BCUT2D eigenvalue weighted by molar-refractivity contribution is 6.11. The maximum absolute atomic E-state index is 12.8. The molecule has 0 radical (unpaired) electrons. The van der Waals surface area contributed by atoms with Gasteiger partial charge in [0.25, 0.3) is 0 Å². The predicted octanol–water partition coefficient (Wildman–Crippen LogP) is 5.11. The van der Waals surface area contributed by atoms with E-state index in [1.165, 1.54) is 0 Å². The molecule has 2 rings (SSSR count). The summed E-state index contributed by atoms with van der Waals surface area (Å²) in [6.45, 7) is 4.00. The van der Waals surface area contributed by atoms with Crippen LogP contribution in [0.5, 0.6) is 11.5 Å². The van der Waals surface area contributed by atoms with Gasteiger partial charge < -0.3 is 9.47 Å². The fraction of sp³-hybridized carbons (Fsp3) is 0.348. The fourth-order valence-corrected chi connectivity index (χ4v) is 2.57. The number of esters is 2. The lowest BCUT2D eigenvalue weighted by molar-refractivity contribution is -0.135. The summed E-state index contributed by atoms with van der Waals surface area (Å²) in [7, 11) is 0. The van der Waals surface area contributed by atoms with Crippen LogP contribution < -0.4 is 9.47 Å². The third-order valence-corrected chi connectivity index (χ3v) is 4.17. The van der Waals surface area contributed by atoms with Gasteiger partial charge in [-0.1, -0.05) is 38.8 Å². The number of para-hydroxylation sites is 1. The van der Waals surface area contributed by atoms with Crippen LogP contribution in [0.2, 0.25) is 0 Å². The van der Waals surface area contributed by atoms with Crippen LogP contribution in [0.25, 0.3) is 0 Å². The Bertz CT molecular complexity index is 808. The molecule has 0 aliphatic carbocycles. The van der Waals surface area contributed by atoms with Crippen molar-refractivity contribution in [3.05, 3.63) is 59.7 Å². The lowest BCUT2D eigenvalue weighted by Gasteiger charge is -2.10. The largest absolute Gasteiger partial charge is 0.427 e. The summed E-state index contributed by atoms with van der Waals surface area (Å²) in [5.74, 6) is -0.245. The highest BCUT2D eigenvalue weighted by Gasteiger charge is 2.17. The normalized spacial score (nSPS) is 10.4. The van der Waals surface area contributed by atoms with Crippen LogP contribution in [0.1, 0.15) is 68.3 Å². The first-order chi connectivity index (χ1) is 13.5. The van der Waals surface area contributed by atoms with Gasteiger partial charge in [0.2, 0.25) is 0 Å². The molecule has 0 saturated carbocycles. The van der Waals surface area contributed by atoms with Crippen molar-refractivity contribution in [2.75, 3.05) is 0 Å². The molecule has 0 unspecified atom stereocenters. The standard InChI is InChI=1S/C23H26O5/c1-3-5-11-21(24)27-18-15-13-17(14-16-18)23(26)19-9-7-8-10-20(19)28-22(25)12-6-4-2/h7-10,13-16H,3-6,11-12H2,1-2H3. The van der Waals surface area contributed by atoms with Crippen molar-refractivity contribution in [2.45, 2.75) is 52.4 Å². The summed E-state index contributed by atoms with van der Waals surface area (Å²) < 4.78 is 10.6. The zero-order valence-electron chi connectivity index (χ0n) is 16.4. The van der Waals surface area contributed by atoms with E-state index < -0.39 is 0 Å². The molecule has 0 N–H and O–H groups in total. The van der Waals surface area contributed by atoms with Crippen molar-refractivity contribution >= 4 is 17.7 Å². The molecule has 0 aliphatic heterocycles. The van der Waals surface area contributed by atoms with Crippen molar-refractivity contribution in [3.63, 3.8) is 0 Å². The number of ketones is 1. The Labute approximate surface area is 165 Å². The summed E-state index contributed by atoms with van der Waals surface area (Å²) in [5.41, 5.74) is 0.741. The van der Waals surface area contributed by atoms with Gasteiger partial charge in [0.1, 0.15) is 11.5 Å². The molecule has 28 heavy (non-hydrogen) atoms. The molecule has 0 saturated heterocycles. The van der Waals surface area contributed by atoms with Crippen LogP contribution in [0, 0.1) is 0 Å². The Balaban J connectivity index is 2.09. The van der Waals surface area contributed by atoms with E-state index >= 15 is 0 Å². The van der Waals surface area contributed by atoms with Crippen LogP contribution >= 0.6 is 0 Å². The Hall–Kier alpha value is -2.95. The van der Waals surface area contributed by atoms with Crippen molar-refractivity contribution in [1.29, 1.82) is 0 Å². The van der Waals surface area contributed by atoms with E-state index in [2.05, 4.69) is 0 Å². The van der Waals surface area contributed by atoms with E-state index in [1.54, 1.807) is 48.5 Å². The molecular weight excluding hydrogens is 356 g/mol. The Kier molecular flexibility index (Phi) is 8.40. The van der Waals surface area contributed by atoms with Gasteiger partial charge in [0.15, 0.2) is 5.78 Å². The molecule has 2 aromatic carbocycles. The number of carbonyl (C=O) groups excluding carboxylic acids is 3. The molecule has 0 atom stereocenters. The maximum atomic E-state index is 12.8. The van der Waals surface area contributed by atoms with E-state index in [0.29, 0.717) is 29.7 Å². The van der Waals surface area contributed by atoms with E-state index in [-0.39, 0.29) is 23.5 Å². The van der Waals surface area contributed by atoms with Gasteiger partial charge in [-0.25, -0.2) is 0 Å². The van der Waals surface area contributed by atoms with Gasteiger partial charge in [-0.15, -0.1) is 0 Å². The Morgan fingerprint density at radius 3 is 1.93 bits per heavy atom. The lowest BCUT2D eigenvalue weighted by atomic mass is 10.0. The molecule has 5 nitrogen and oxygen atoms in total. The molecular formula is C23H26O5. The summed E-state index contributed by atoms with van der Waals surface area (Å²) in [6.07, 6.45) is 4.03. The van der Waals surface area contributed by atoms with Crippen LogP contribution in [-0.4, -0.2) is 17.7 Å². The number of carbonyl (C=O) groups is 3. The molecule has 2 aromatic rings. The van der Waals surface area contributed by atoms with Gasteiger partial charge in [0, 0.05) is 18.4 Å². The number of hydrogen-bond acceptors (Lipinski definition) is 5. The number of rotatable bonds is 10. The second-order valence-electron chi connectivity index (χ2n) is 6.50. The van der Waals surface area contributed by atoms with Crippen molar-refractivity contribution in [3.8, 4) is 11.5 Å². The molecule has 148 valence electrons. The third kappa shape index (κ3) is 6.34. The van der Waals surface area contributed by atoms with Gasteiger partial charge in [-0.3, -0.25) is 14.4 Å². The van der Waals surface area contributed by atoms with Crippen LogP contribution in [0.15, 0.2) is 48.5 Å². The van der Waals surface area contributed by atoms with Crippen LogP contribution in [0.4, 0.5) is 0 Å². The van der Waals surface area contributed by atoms with E-state index in [4.69, 9.17) is 9.47 Å². The highest BCUT2D eigenvalue weighted by atomic mass is 16.5. The minimum Gasteiger partial charge on any atom is -0.427 e. The SMILES string of the molecule is CCCCC(=O)Oc1ccc(C(=O)c2ccccc2OC(=O)CCCC)cc1. The molecule has 0 aromatic heterocycles. The summed E-state index contributed by atoms with van der Waals surface area (Å²) in [4.78, 5) is 36.5. The average molecular weight is 382 g/mol. The van der Waals surface area contributed by atoms with Gasteiger partial charge in [-0.2, -0.15) is 0 Å². The zero-order valence-corrected chi connectivity index (χ0v) is 16.4. The van der Waals surface area contributed by atoms with E-state index in [9.17, 15) is 14.4 Å². The second-order valence-corrected chi connectivity index (χ2v) is 6.50. The van der Waals surface area contributed by atoms with Crippen LogP contribution in [0.3, 0.4) is 0 Å². The molecule has 0 amide bonds. The smallest absolute Gasteiger partial charge is 0.311 e. The summed E-state index contributed by atoms with van der Waals surface area (Å²) >= 11 is 0. The minimum atomic E-state index is -0.351. The number of unbranched alkanes of at least 4 members (excludes halogenated alkanes) is 2. The average Bonchev–Trinajstić information content (AvgIpc) is 2.71. The summed E-state index contributed by atoms with van der Waals surface area (Å²) in [6, 6.07) is 13.1. The first-order valence-electron chi connectivity index (χ1n) is 9.70. The van der Waals surface area contributed by atoms with Crippen LogP contribution in [-0.2, 0) is 9.59 Å². The molecule has 0 spiro atoms. The number of hydrogen-bond donors (Lipinski definition) is 0. The predicted molar refractivity (Wildman–Crippen MR) is 107 cm³/mol. The Morgan fingerprint density at radius 2 is 1.32 bits per heavy atom. The minimum absolute atomic E-state index is 0.253. The third-order valence-electron chi connectivity index (χ3n) is 4.17. The molecule has 5 heteroatoms. The summed E-state index contributed by atoms with van der Waals surface area (Å²) in [5, 5.41) is 0. The first-order valence-corrected chi connectivity index (χ1v) is 9.70. The van der Waals surface area contributed by atoms with Crippen molar-refractivity contribution in [1.82, 2.24) is 0 Å². The Morgan fingerprint density at radius 1 is 0.750 bits per heavy atom. The molecule has 0 bridgehead atoms. The molecule has 0 aliphatic rings. The van der Waals surface area contributed by atoms with Crippen molar-refractivity contribution in [2.24, 2.45) is 0 Å². The zero-order chi connectivity index (χ0) is 20.4. The van der Waals surface area contributed by atoms with Gasteiger partial charge in [0.05, 0.1) is 5.56 Å². The highest BCUT2D eigenvalue weighted by Crippen LogP contribution is 2.23. The molecule has 0 heterocycles. The number of ether oxygens (including phenoxy) is 2. The van der Waals surface area contributed by atoms with Crippen molar-refractivity contribution < 1.29 is 23.9 Å². The number of benzene rings is 2. The first kappa shape index (κ1) is 21.4. The quantitative estimate of drug-likeness (QED) is 0.324. The topological polar surface area (TPSA) is 69.7 Å². The monoisotopic (exact) mass is 382 g/mol. The second kappa shape index (κ2) is 11.0. The lowest BCUT2D eigenvalue weighted by Crippen LogP contribution is -2.11.